The number of thioether (sulfide) groups is 2. The molecule has 0 radical (unpaired) electrons. The second kappa shape index (κ2) is 7.23. The highest BCUT2D eigenvalue weighted by atomic mass is 32.2. The molecule has 0 aromatic heterocycles. The highest BCUT2D eigenvalue weighted by Crippen LogP contribution is 2.46. The van der Waals surface area contributed by atoms with E-state index < -0.39 is 0 Å². The van der Waals surface area contributed by atoms with Crippen LogP contribution in [0.2, 0.25) is 0 Å². The molecule has 3 heteroatoms. The predicted molar refractivity (Wildman–Crippen MR) is 107 cm³/mol. The third kappa shape index (κ3) is 6.15. The standard InChI is InChI=1S/C20H26NS2/c1-19(2,3)22-17-13-9-7-11-15(17)21-16-12-8-10-14-18(16)23-20(4,5)6/h7-14H,1-6H3/q-1. The maximum Gasteiger partial charge on any atom is 0.0122 e. The van der Waals surface area contributed by atoms with Gasteiger partial charge in [-0.25, -0.2) is 0 Å². The van der Waals surface area contributed by atoms with Crippen LogP contribution in [-0.2, 0) is 0 Å². The fourth-order valence-corrected chi connectivity index (χ4v) is 4.11. The minimum atomic E-state index is 0.172. The van der Waals surface area contributed by atoms with E-state index in [9.17, 15) is 0 Å². The second-order valence-corrected chi connectivity index (χ2v) is 11.2. The number of benzene rings is 2. The van der Waals surface area contributed by atoms with E-state index >= 15 is 0 Å². The van der Waals surface area contributed by atoms with E-state index in [4.69, 9.17) is 5.32 Å². The monoisotopic (exact) mass is 344 g/mol. The van der Waals surface area contributed by atoms with Gasteiger partial charge in [0, 0.05) is 9.49 Å². The summed E-state index contributed by atoms with van der Waals surface area (Å²) in [7, 11) is 0. The van der Waals surface area contributed by atoms with E-state index in [1.54, 1.807) is 0 Å². The summed E-state index contributed by atoms with van der Waals surface area (Å²) in [6.07, 6.45) is 0. The average Bonchev–Trinajstić information content (AvgIpc) is 2.40. The summed E-state index contributed by atoms with van der Waals surface area (Å²) in [6, 6.07) is 16.8. The molecule has 1 nitrogen and oxygen atoms in total. The lowest BCUT2D eigenvalue weighted by atomic mass is 10.2. The minimum absolute atomic E-state index is 0.172. The van der Waals surface area contributed by atoms with Crippen LogP contribution in [0.1, 0.15) is 41.5 Å². The summed E-state index contributed by atoms with van der Waals surface area (Å²) in [5.41, 5.74) is 2.10. The molecule has 2 aromatic rings. The zero-order valence-electron chi connectivity index (χ0n) is 14.9. The van der Waals surface area contributed by atoms with Crippen LogP contribution in [-0.4, -0.2) is 9.49 Å². The number of rotatable bonds is 4. The Hall–Kier alpha value is -1.06. The summed E-state index contributed by atoms with van der Waals surface area (Å²) in [4.78, 5) is 2.46. The summed E-state index contributed by atoms with van der Waals surface area (Å²) < 4.78 is 0.344. The van der Waals surface area contributed by atoms with Crippen molar-refractivity contribution in [3.63, 3.8) is 0 Å². The van der Waals surface area contributed by atoms with Crippen LogP contribution >= 0.6 is 23.5 Å². The van der Waals surface area contributed by atoms with Crippen LogP contribution in [0.25, 0.3) is 5.32 Å². The van der Waals surface area contributed by atoms with Crippen molar-refractivity contribution in [1.82, 2.24) is 0 Å². The maximum absolute atomic E-state index is 4.97. The van der Waals surface area contributed by atoms with E-state index in [0.717, 1.165) is 11.4 Å². The summed E-state index contributed by atoms with van der Waals surface area (Å²) in [5, 5.41) is 4.97. The Morgan fingerprint density at radius 3 is 1.30 bits per heavy atom. The van der Waals surface area contributed by atoms with Gasteiger partial charge in [0.25, 0.3) is 0 Å². The molecule has 0 atom stereocenters. The predicted octanol–water partition coefficient (Wildman–Crippen LogP) is 7.80. The Bertz CT molecular complexity index is 594. The van der Waals surface area contributed by atoms with Gasteiger partial charge in [0.15, 0.2) is 0 Å². The van der Waals surface area contributed by atoms with Crippen molar-refractivity contribution in [3.05, 3.63) is 53.8 Å². The first-order valence-electron chi connectivity index (χ1n) is 7.92. The second-order valence-electron chi connectivity index (χ2n) is 7.48. The van der Waals surface area contributed by atoms with Crippen LogP contribution in [0, 0.1) is 0 Å². The zero-order valence-corrected chi connectivity index (χ0v) is 16.5. The molecule has 0 heterocycles. The van der Waals surface area contributed by atoms with Crippen LogP contribution in [0.15, 0.2) is 58.3 Å². The van der Waals surface area contributed by atoms with Gasteiger partial charge >= 0.3 is 0 Å². The van der Waals surface area contributed by atoms with Gasteiger partial charge in [-0.3, -0.25) is 0 Å². The smallest absolute Gasteiger partial charge is 0.0122 e. The fourth-order valence-electron chi connectivity index (χ4n) is 2.06. The largest absolute Gasteiger partial charge is 0.656 e. The first-order valence-corrected chi connectivity index (χ1v) is 9.55. The molecule has 124 valence electrons. The van der Waals surface area contributed by atoms with Gasteiger partial charge in [0.2, 0.25) is 0 Å². The van der Waals surface area contributed by atoms with Gasteiger partial charge in [-0.1, -0.05) is 77.9 Å². The lowest BCUT2D eigenvalue weighted by Crippen LogP contribution is -2.07. The molecular weight excluding hydrogens is 318 g/mol. The Kier molecular flexibility index (Phi) is 5.74. The van der Waals surface area contributed by atoms with Gasteiger partial charge < -0.3 is 5.32 Å². The van der Waals surface area contributed by atoms with Crippen molar-refractivity contribution in [2.75, 3.05) is 0 Å². The lowest BCUT2D eigenvalue weighted by Gasteiger charge is -2.31. The van der Waals surface area contributed by atoms with Crippen LogP contribution in [0.5, 0.6) is 0 Å². The Morgan fingerprint density at radius 2 is 0.957 bits per heavy atom. The first kappa shape index (κ1) is 18.3. The van der Waals surface area contributed by atoms with Crippen LogP contribution in [0.3, 0.4) is 0 Å². The van der Waals surface area contributed by atoms with Crippen molar-refractivity contribution in [1.29, 1.82) is 0 Å². The zero-order chi connectivity index (χ0) is 17.1. The summed E-state index contributed by atoms with van der Waals surface area (Å²) >= 11 is 3.73. The highest BCUT2D eigenvalue weighted by molar-refractivity contribution is 8.01. The van der Waals surface area contributed by atoms with Gasteiger partial charge in [-0.2, -0.15) is 0 Å². The van der Waals surface area contributed by atoms with Crippen molar-refractivity contribution in [2.24, 2.45) is 0 Å². The molecule has 0 fully saturated rings. The molecule has 0 spiro atoms. The fraction of sp³-hybridized carbons (Fsp3) is 0.400. The SMILES string of the molecule is CC(C)(C)Sc1ccccc1[N-]c1ccccc1SC(C)(C)C. The summed E-state index contributed by atoms with van der Waals surface area (Å²) in [5.74, 6) is 0. The molecule has 2 aromatic carbocycles. The molecule has 0 saturated carbocycles. The van der Waals surface area contributed by atoms with Crippen molar-refractivity contribution < 1.29 is 0 Å². The van der Waals surface area contributed by atoms with Gasteiger partial charge in [0.05, 0.1) is 0 Å². The van der Waals surface area contributed by atoms with Gasteiger partial charge in [0.1, 0.15) is 0 Å². The number of hydrogen-bond acceptors (Lipinski definition) is 2. The quantitative estimate of drug-likeness (QED) is 0.525. The number of nitrogens with zero attached hydrogens (tertiary/aromatic N) is 1. The van der Waals surface area contributed by atoms with Gasteiger partial charge in [-0.15, -0.1) is 34.9 Å². The molecule has 0 bridgehead atoms. The van der Waals surface area contributed by atoms with Crippen molar-refractivity contribution >= 4 is 34.9 Å². The van der Waals surface area contributed by atoms with E-state index in [-0.39, 0.29) is 9.49 Å². The average molecular weight is 345 g/mol. The molecule has 0 saturated heterocycles. The molecule has 0 unspecified atom stereocenters. The maximum atomic E-state index is 4.97. The van der Waals surface area contributed by atoms with Crippen molar-refractivity contribution in [3.8, 4) is 0 Å². The van der Waals surface area contributed by atoms with E-state index in [1.807, 2.05) is 23.5 Å². The Balaban J connectivity index is 2.30. The van der Waals surface area contributed by atoms with Gasteiger partial charge in [-0.05, 0) is 21.9 Å². The minimum Gasteiger partial charge on any atom is -0.656 e. The Morgan fingerprint density at radius 1 is 0.609 bits per heavy atom. The molecular formula is C20H26NS2-. The number of hydrogen-bond donors (Lipinski definition) is 0. The molecule has 0 N–H and O–H groups in total. The van der Waals surface area contributed by atoms with E-state index in [0.29, 0.717) is 0 Å². The normalized spacial score (nSPS) is 12.3. The number of para-hydroxylation sites is 2. The molecule has 23 heavy (non-hydrogen) atoms. The molecule has 0 aliphatic rings. The lowest BCUT2D eigenvalue weighted by molar-refractivity contribution is 0.803. The third-order valence-electron chi connectivity index (χ3n) is 2.80. The summed E-state index contributed by atoms with van der Waals surface area (Å²) in [6.45, 7) is 13.4. The topological polar surface area (TPSA) is 14.1 Å². The van der Waals surface area contributed by atoms with E-state index in [2.05, 4.69) is 90.1 Å². The van der Waals surface area contributed by atoms with Crippen LogP contribution < -0.4 is 0 Å². The molecule has 0 amide bonds. The molecule has 0 aliphatic heterocycles. The molecule has 0 aliphatic carbocycles. The highest BCUT2D eigenvalue weighted by Gasteiger charge is 2.14. The van der Waals surface area contributed by atoms with E-state index in [1.165, 1.54) is 9.79 Å². The Labute approximate surface area is 149 Å². The molecule has 2 rings (SSSR count). The first-order chi connectivity index (χ1) is 10.6. The van der Waals surface area contributed by atoms with Crippen molar-refractivity contribution in [2.45, 2.75) is 60.8 Å². The third-order valence-corrected chi connectivity index (χ3v) is 5.16. The van der Waals surface area contributed by atoms with Crippen LogP contribution in [0.4, 0.5) is 11.4 Å².